The molecular weight excluding hydrogens is 276 g/mol. The Morgan fingerprint density at radius 2 is 2.24 bits per heavy atom. The van der Waals surface area contributed by atoms with Crippen molar-refractivity contribution < 1.29 is 8.42 Å². The first-order chi connectivity index (χ1) is 7.87. The average Bonchev–Trinajstić information content (AvgIpc) is 2.47. The van der Waals surface area contributed by atoms with Gasteiger partial charge in [-0.15, -0.1) is 0 Å². The van der Waals surface area contributed by atoms with Gasteiger partial charge in [-0.1, -0.05) is 0 Å². The van der Waals surface area contributed by atoms with E-state index in [0.29, 0.717) is 11.5 Å². The molecule has 1 saturated heterocycles. The van der Waals surface area contributed by atoms with Gasteiger partial charge < -0.3 is 10.6 Å². The van der Waals surface area contributed by atoms with Gasteiger partial charge in [0.1, 0.15) is 0 Å². The van der Waals surface area contributed by atoms with Crippen molar-refractivity contribution in [2.45, 2.75) is 25.3 Å². The molecule has 0 saturated carbocycles. The number of rotatable bonds is 5. The predicted molar refractivity (Wildman–Crippen MR) is 78.4 cm³/mol. The second-order valence-electron chi connectivity index (χ2n) is 4.63. The molecular formula is C10H20N2O2S3. The minimum atomic E-state index is -2.88. The lowest BCUT2D eigenvalue weighted by atomic mass is 10.0. The SMILES string of the molecule is CSCCCNC(=S)N[C@]1(C)CCS(=O)(=O)C1. The Kier molecular flexibility index (Phi) is 5.53. The van der Waals surface area contributed by atoms with E-state index in [9.17, 15) is 8.42 Å². The molecule has 1 aliphatic heterocycles. The number of thioether (sulfide) groups is 1. The van der Waals surface area contributed by atoms with Crippen LogP contribution >= 0.6 is 24.0 Å². The van der Waals surface area contributed by atoms with Crippen molar-refractivity contribution in [2.24, 2.45) is 0 Å². The standard InChI is InChI=1S/C10H20N2O2S3/c1-10(4-7-17(13,14)8-10)12-9(15)11-5-3-6-16-2/h3-8H2,1-2H3,(H2,11,12,15)/t10-/m1/s1. The molecule has 0 aromatic heterocycles. The van der Waals surface area contributed by atoms with Crippen LogP contribution < -0.4 is 10.6 Å². The van der Waals surface area contributed by atoms with Crippen LogP contribution in [0.5, 0.6) is 0 Å². The van der Waals surface area contributed by atoms with E-state index in [-0.39, 0.29) is 11.5 Å². The zero-order valence-corrected chi connectivity index (χ0v) is 12.7. The van der Waals surface area contributed by atoms with Crippen LogP contribution in [0, 0.1) is 0 Å². The van der Waals surface area contributed by atoms with Crippen molar-refractivity contribution in [1.82, 2.24) is 10.6 Å². The van der Waals surface area contributed by atoms with Gasteiger partial charge in [-0.2, -0.15) is 11.8 Å². The van der Waals surface area contributed by atoms with Crippen molar-refractivity contribution >= 4 is 38.9 Å². The molecule has 1 aliphatic rings. The van der Waals surface area contributed by atoms with E-state index in [4.69, 9.17) is 12.2 Å². The van der Waals surface area contributed by atoms with Crippen LogP contribution in [0.2, 0.25) is 0 Å². The molecule has 2 N–H and O–H groups in total. The zero-order chi connectivity index (χ0) is 12.9. The number of hydrogen-bond donors (Lipinski definition) is 2. The van der Waals surface area contributed by atoms with E-state index in [1.807, 2.05) is 6.92 Å². The first-order valence-electron chi connectivity index (χ1n) is 5.62. The Bertz CT molecular complexity index is 370. The van der Waals surface area contributed by atoms with Gasteiger partial charge in [0.2, 0.25) is 0 Å². The molecule has 0 bridgehead atoms. The maximum absolute atomic E-state index is 11.4. The highest BCUT2D eigenvalue weighted by molar-refractivity contribution is 7.98. The first-order valence-corrected chi connectivity index (χ1v) is 9.25. The molecule has 1 rings (SSSR count). The summed E-state index contributed by atoms with van der Waals surface area (Å²) < 4.78 is 22.8. The molecule has 0 amide bonds. The Morgan fingerprint density at radius 3 is 2.76 bits per heavy atom. The Balaban J connectivity index is 2.31. The third kappa shape index (κ3) is 5.44. The van der Waals surface area contributed by atoms with Crippen molar-refractivity contribution in [3.63, 3.8) is 0 Å². The lowest BCUT2D eigenvalue weighted by molar-refractivity contribution is 0.468. The van der Waals surface area contributed by atoms with Crippen molar-refractivity contribution in [1.29, 1.82) is 0 Å². The third-order valence-electron chi connectivity index (χ3n) is 2.73. The van der Waals surface area contributed by atoms with Crippen LogP contribution in [-0.2, 0) is 9.84 Å². The van der Waals surface area contributed by atoms with Crippen LogP contribution in [0.15, 0.2) is 0 Å². The first kappa shape index (κ1) is 15.0. The van der Waals surface area contributed by atoms with Gasteiger partial charge in [0.15, 0.2) is 14.9 Å². The van der Waals surface area contributed by atoms with Crippen molar-refractivity contribution in [2.75, 3.05) is 30.1 Å². The highest BCUT2D eigenvalue weighted by atomic mass is 32.2. The molecule has 0 aromatic carbocycles. The smallest absolute Gasteiger partial charge is 0.166 e. The second-order valence-corrected chi connectivity index (χ2v) is 8.21. The number of hydrogen-bond acceptors (Lipinski definition) is 4. The molecule has 17 heavy (non-hydrogen) atoms. The van der Waals surface area contributed by atoms with Gasteiger partial charge in [0.05, 0.1) is 17.0 Å². The summed E-state index contributed by atoms with van der Waals surface area (Å²) in [4.78, 5) is 0. The summed E-state index contributed by atoms with van der Waals surface area (Å²) in [5.74, 6) is 1.53. The molecule has 0 spiro atoms. The third-order valence-corrected chi connectivity index (χ3v) is 5.58. The van der Waals surface area contributed by atoms with E-state index in [0.717, 1.165) is 18.7 Å². The fourth-order valence-electron chi connectivity index (χ4n) is 1.85. The molecule has 0 aliphatic carbocycles. The molecule has 1 heterocycles. The molecule has 0 radical (unpaired) electrons. The Morgan fingerprint density at radius 1 is 1.53 bits per heavy atom. The summed E-state index contributed by atoms with van der Waals surface area (Å²) in [5, 5.41) is 6.79. The van der Waals surface area contributed by atoms with E-state index in [2.05, 4.69) is 16.9 Å². The monoisotopic (exact) mass is 296 g/mol. The van der Waals surface area contributed by atoms with Crippen LogP contribution in [0.1, 0.15) is 19.8 Å². The molecule has 1 fully saturated rings. The summed E-state index contributed by atoms with van der Waals surface area (Å²) in [5.41, 5.74) is -0.400. The average molecular weight is 296 g/mol. The highest BCUT2D eigenvalue weighted by Gasteiger charge is 2.38. The molecule has 1 atom stereocenters. The molecule has 7 heteroatoms. The summed E-state index contributed by atoms with van der Waals surface area (Å²) in [6.07, 6.45) is 3.75. The van der Waals surface area contributed by atoms with Crippen LogP contribution in [-0.4, -0.2) is 49.1 Å². The number of sulfone groups is 1. The van der Waals surface area contributed by atoms with E-state index in [1.54, 1.807) is 11.8 Å². The maximum atomic E-state index is 11.4. The van der Waals surface area contributed by atoms with Crippen molar-refractivity contribution in [3.05, 3.63) is 0 Å². The highest BCUT2D eigenvalue weighted by Crippen LogP contribution is 2.22. The lowest BCUT2D eigenvalue weighted by Gasteiger charge is -2.25. The maximum Gasteiger partial charge on any atom is 0.166 e. The fourth-order valence-corrected chi connectivity index (χ4v) is 4.72. The Labute approximate surface area is 113 Å². The second kappa shape index (κ2) is 6.24. The van der Waals surface area contributed by atoms with Gasteiger partial charge in [-0.05, 0) is 44.0 Å². The molecule has 0 unspecified atom stereocenters. The predicted octanol–water partition coefficient (Wildman–Crippen LogP) is 0.781. The topological polar surface area (TPSA) is 58.2 Å². The quantitative estimate of drug-likeness (QED) is 0.578. The Hall–Kier alpha value is -0.0100. The van der Waals surface area contributed by atoms with Crippen LogP contribution in [0.25, 0.3) is 0 Å². The van der Waals surface area contributed by atoms with Gasteiger partial charge in [-0.3, -0.25) is 0 Å². The zero-order valence-electron chi connectivity index (χ0n) is 10.3. The van der Waals surface area contributed by atoms with Crippen LogP contribution in [0.4, 0.5) is 0 Å². The fraction of sp³-hybridized carbons (Fsp3) is 0.900. The van der Waals surface area contributed by atoms with Crippen LogP contribution in [0.3, 0.4) is 0 Å². The minimum absolute atomic E-state index is 0.173. The van der Waals surface area contributed by atoms with E-state index < -0.39 is 15.4 Å². The summed E-state index contributed by atoms with van der Waals surface area (Å²) in [7, 11) is -2.88. The summed E-state index contributed by atoms with van der Waals surface area (Å²) in [6, 6.07) is 0. The van der Waals surface area contributed by atoms with E-state index in [1.165, 1.54) is 0 Å². The largest absolute Gasteiger partial charge is 0.363 e. The van der Waals surface area contributed by atoms with Crippen molar-refractivity contribution in [3.8, 4) is 0 Å². The number of nitrogens with one attached hydrogen (secondary N) is 2. The summed E-state index contributed by atoms with van der Waals surface area (Å²) in [6.45, 7) is 2.74. The molecule has 0 aromatic rings. The molecule has 100 valence electrons. The van der Waals surface area contributed by atoms with Gasteiger partial charge in [0.25, 0.3) is 0 Å². The minimum Gasteiger partial charge on any atom is -0.363 e. The normalized spacial score (nSPS) is 26.7. The lowest BCUT2D eigenvalue weighted by Crippen LogP contribution is -2.51. The molecule has 4 nitrogen and oxygen atoms in total. The van der Waals surface area contributed by atoms with Gasteiger partial charge in [0, 0.05) is 6.54 Å². The number of thiocarbonyl (C=S) groups is 1. The van der Waals surface area contributed by atoms with Gasteiger partial charge in [-0.25, -0.2) is 8.42 Å². The van der Waals surface area contributed by atoms with Gasteiger partial charge >= 0.3 is 0 Å². The van der Waals surface area contributed by atoms with E-state index >= 15 is 0 Å². The summed E-state index contributed by atoms with van der Waals surface area (Å²) >= 11 is 6.97.